The monoisotopic (exact) mass is 401 g/mol. The van der Waals surface area contributed by atoms with Crippen molar-refractivity contribution in [2.24, 2.45) is 0 Å². The molecule has 0 aliphatic heterocycles. The molecular weight excluding hydrogens is 369 g/mol. The van der Waals surface area contributed by atoms with E-state index in [4.69, 9.17) is 12.3 Å². The van der Waals surface area contributed by atoms with Crippen LogP contribution in [-0.2, 0) is 45.1 Å². The van der Waals surface area contributed by atoms with E-state index in [9.17, 15) is 0 Å². The Morgan fingerprint density at radius 3 is 1.39 bits per heavy atom. The molecule has 0 aromatic heterocycles. The van der Waals surface area contributed by atoms with Gasteiger partial charge in [0.1, 0.15) is 0 Å². The van der Waals surface area contributed by atoms with E-state index in [0.717, 1.165) is 0 Å². The predicted octanol–water partition coefficient (Wildman–Crippen LogP) is 3.89. The molecule has 0 aliphatic carbocycles. The molecule has 0 aromatic carbocycles. The second-order valence-electron chi connectivity index (χ2n) is 6.53. The molecule has 0 saturated carbocycles. The predicted molar refractivity (Wildman–Crippen MR) is 87.2 cm³/mol. The first-order valence-corrected chi connectivity index (χ1v) is 17.6. The molecule has 8 heteroatoms. The smallest absolute Gasteiger partial charge is 0.312 e. The molecule has 3 nitrogen and oxygen atoms in total. The van der Waals surface area contributed by atoms with E-state index in [1.807, 2.05) is 0 Å². The molecule has 0 saturated heterocycles. The molecule has 0 amide bonds. The first-order valence-electron chi connectivity index (χ1n) is 5.87. The summed E-state index contributed by atoms with van der Waals surface area (Å²) in [5.74, 6) is 0. The maximum atomic E-state index is 6.14. The largest absolute Gasteiger partial charge is 0.439 e. The third kappa shape index (κ3) is 15.9. The van der Waals surface area contributed by atoms with Gasteiger partial charge in [-0.25, -0.2) is 0 Å². The maximum Gasteiger partial charge on any atom is 0.312 e. The molecule has 1 unspecified atom stereocenters. The zero-order valence-corrected chi connectivity index (χ0v) is 19.9. The van der Waals surface area contributed by atoms with Crippen LogP contribution in [-0.4, -0.2) is 34.5 Å². The Morgan fingerprint density at radius 1 is 0.722 bits per heavy atom. The van der Waals surface area contributed by atoms with Gasteiger partial charge >= 0.3 is 8.56 Å². The molecule has 109 valence electrons. The van der Waals surface area contributed by atoms with E-state index in [0.29, 0.717) is 0 Å². The first kappa shape index (κ1) is 24.8. The van der Waals surface area contributed by atoms with Gasteiger partial charge in [0.15, 0.2) is 16.6 Å². The van der Waals surface area contributed by atoms with Crippen molar-refractivity contribution in [3.63, 3.8) is 0 Å². The van der Waals surface area contributed by atoms with Gasteiger partial charge in [-0.3, -0.25) is 0 Å². The molecule has 0 rings (SSSR count). The van der Waals surface area contributed by atoms with Crippen LogP contribution in [0.4, 0.5) is 0 Å². The fraction of sp³-hybridized carbons (Fsp3) is 1.00. The average molecular weight is 402 g/mol. The van der Waals surface area contributed by atoms with Gasteiger partial charge in [-0.2, -0.15) is 0 Å². The molecule has 0 heterocycles. The molecule has 0 bridgehead atoms. The van der Waals surface area contributed by atoms with Crippen LogP contribution in [0.3, 0.4) is 0 Å². The Balaban J connectivity index is -0.00000112. The van der Waals surface area contributed by atoms with Crippen LogP contribution in [0.2, 0.25) is 58.9 Å². The number of hydrogen-bond donors (Lipinski definition) is 0. The molecule has 0 aromatic rings. The summed E-state index contributed by atoms with van der Waals surface area (Å²) in [5, 5.41) is 0. The Morgan fingerprint density at radius 2 is 1.11 bits per heavy atom. The van der Waals surface area contributed by atoms with E-state index in [-0.39, 0.29) is 40.1 Å². The Bertz CT molecular complexity index is 226. The zero-order chi connectivity index (χ0) is 13.2. The number of rotatable bonds is 6. The molecule has 1 atom stereocenters. The van der Waals surface area contributed by atoms with Crippen molar-refractivity contribution in [1.82, 2.24) is 0 Å². The van der Waals surface area contributed by atoms with Crippen molar-refractivity contribution in [1.29, 1.82) is 0 Å². The molecule has 0 aliphatic rings. The Hall–Kier alpha value is 1.85. The van der Waals surface area contributed by atoms with Crippen molar-refractivity contribution >= 4 is 34.5 Å². The van der Waals surface area contributed by atoms with Crippen molar-refractivity contribution in [3.8, 4) is 0 Å². The minimum atomic E-state index is -1.98. The van der Waals surface area contributed by atoms with Crippen LogP contribution in [0.1, 0.15) is 7.43 Å². The summed E-state index contributed by atoms with van der Waals surface area (Å²) in [6.07, 6.45) is 0. The van der Waals surface area contributed by atoms with Crippen molar-refractivity contribution < 1.29 is 45.1 Å². The minimum Gasteiger partial charge on any atom is -0.439 e. The SMILES string of the molecule is C.C[SiH](O[Si](C)(C)C)O[Si](C)(C)O[Si](C)(C)C.[Y]. The molecule has 18 heavy (non-hydrogen) atoms. The summed E-state index contributed by atoms with van der Waals surface area (Å²) >= 11 is 0. The van der Waals surface area contributed by atoms with E-state index < -0.39 is 34.5 Å². The Labute approximate surface area is 145 Å². The van der Waals surface area contributed by atoms with E-state index in [2.05, 4.69) is 58.9 Å². The summed E-state index contributed by atoms with van der Waals surface area (Å²) in [6, 6.07) is 0. The van der Waals surface area contributed by atoms with Crippen LogP contribution >= 0.6 is 0 Å². The molecule has 1 radical (unpaired) electrons. The summed E-state index contributed by atoms with van der Waals surface area (Å²) in [7, 11) is -6.47. The van der Waals surface area contributed by atoms with Gasteiger partial charge in [-0.15, -0.1) is 0 Å². The van der Waals surface area contributed by atoms with Gasteiger partial charge in [-0.05, 0) is 58.9 Å². The zero-order valence-electron chi connectivity index (χ0n) is 12.9. The van der Waals surface area contributed by atoms with Crippen molar-refractivity contribution in [2.45, 2.75) is 66.3 Å². The van der Waals surface area contributed by atoms with Gasteiger partial charge in [0.2, 0.25) is 0 Å². The maximum absolute atomic E-state index is 6.14. The number of hydrogen-bond acceptors (Lipinski definition) is 3. The molecule has 0 spiro atoms. The summed E-state index contributed by atoms with van der Waals surface area (Å²) in [6.45, 7) is 19.6. The van der Waals surface area contributed by atoms with Crippen LogP contribution in [0.15, 0.2) is 0 Å². The van der Waals surface area contributed by atoms with E-state index >= 15 is 0 Å². The normalized spacial score (nSPS) is 14.5. The standard InChI is InChI=1S/C9H28O3Si4.CH4.Y/c1-13(10-14(2,3)4)11-16(8,9)12-15(5,6)7;;/h13H,1-9H3;1H4;. The molecule has 0 N–H and O–H groups in total. The van der Waals surface area contributed by atoms with Crippen LogP contribution in [0.25, 0.3) is 0 Å². The quantitative estimate of drug-likeness (QED) is 0.632. The second-order valence-corrected chi connectivity index (χ2v) is 21.6. The Kier molecular flexibility index (Phi) is 12.4. The second kappa shape index (κ2) is 8.99. The van der Waals surface area contributed by atoms with Crippen LogP contribution < -0.4 is 0 Å². The topological polar surface area (TPSA) is 27.7 Å². The summed E-state index contributed by atoms with van der Waals surface area (Å²) in [4.78, 5) is 0. The van der Waals surface area contributed by atoms with E-state index in [1.165, 1.54) is 0 Å². The van der Waals surface area contributed by atoms with Crippen molar-refractivity contribution in [3.05, 3.63) is 0 Å². The minimum absolute atomic E-state index is 0. The van der Waals surface area contributed by atoms with Gasteiger partial charge in [0.05, 0.1) is 0 Å². The summed E-state index contributed by atoms with van der Waals surface area (Å²) < 4.78 is 18.2. The molecule has 0 fully saturated rings. The third-order valence-electron chi connectivity index (χ3n) is 1.52. The van der Waals surface area contributed by atoms with Crippen LogP contribution in [0.5, 0.6) is 0 Å². The van der Waals surface area contributed by atoms with E-state index in [1.54, 1.807) is 0 Å². The van der Waals surface area contributed by atoms with Gasteiger partial charge < -0.3 is 12.3 Å². The van der Waals surface area contributed by atoms with Crippen LogP contribution in [0, 0.1) is 0 Å². The summed E-state index contributed by atoms with van der Waals surface area (Å²) in [5.41, 5.74) is 0. The van der Waals surface area contributed by atoms with Crippen molar-refractivity contribution in [2.75, 3.05) is 0 Å². The first-order chi connectivity index (χ1) is 6.81. The van der Waals surface area contributed by atoms with Gasteiger partial charge in [-0.1, -0.05) is 7.43 Å². The fourth-order valence-corrected chi connectivity index (χ4v) is 16.0. The molecular formula is C10H32O3Si4Y. The van der Waals surface area contributed by atoms with Gasteiger partial charge in [0.25, 0.3) is 9.28 Å². The third-order valence-corrected chi connectivity index (χ3v) is 13.7. The average Bonchev–Trinajstić information content (AvgIpc) is 1.70. The van der Waals surface area contributed by atoms with Gasteiger partial charge in [0, 0.05) is 32.7 Å². The fourth-order valence-electron chi connectivity index (χ4n) is 1.68.